The number of piperidine rings is 1. The number of amides is 1. The summed E-state index contributed by atoms with van der Waals surface area (Å²) in [4.78, 5) is 17.2. The number of phenols is 1. The number of aromatic hydroxyl groups is 1. The molecule has 1 N–H and O–H groups in total. The monoisotopic (exact) mass is 386 g/mol. The van der Waals surface area contributed by atoms with E-state index in [1.807, 2.05) is 36.1 Å². The van der Waals surface area contributed by atoms with Gasteiger partial charge in [-0.2, -0.15) is 0 Å². The predicted octanol–water partition coefficient (Wildman–Crippen LogP) is 4.31. The molecular formula is C22H27ClN2O2. The maximum absolute atomic E-state index is 12.9. The van der Waals surface area contributed by atoms with Crippen LogP contribution >= 0.6 is 11.6 Å². The van der Waals surface area contributed by atoms with E-state index in [0.29, 0.717) is 18.1 Å². The van der Waals surface area contributed by atoms with Crippen molar-refractivity contribution in [2.24, 2.45) is 5.92 Å². The second-order valence-electron chi connectivity index (χ2n) is 7.16. The minimum atomic E-state index is 0.0814. The van der Waals surface area contributed by atoms with Crippen LogP contribution < -0.4 is 0 Å². The van der Waals surface area contributed by atoms with Crippen molar-refractivity contribution in [3.05, 3.63) is 64.7 Å². The number of benzene rings is 2. The highest BCUT2D eigenvalue weighted by Gasteiger charge is 2.28. The third-order valence-electron chi connectivity index (χ3n) is 5.28. The topological polar surface area (TPSA) is 43.8 Å². The van der Waals surface area contributed by atoms with Crippen LogP contribution in [-0.4, -0.2) is 40.4 Å². The zero-order valence-electron chi connectivity index (χ0n) is 15.8. The normalized spacial score (nSPS) is 15.6. The lowest BCUT2D eigenvalue weighted by atomic mass is 9.94. The molecule has 144 valence electrons. The molecule has 1 heterocycles. The van der Waals surface area contributed by atoms with Crippen LogP contribution in [-0.2, 0) is 17.9 Å². The molecule has 1 fully saturated rings. The van der Waals surface area contributed by atoms with Crippen molar-refractivity contribution >= 4 is 17.5 Å². The second-order valence-corrected chi connectivity index (χ2v) is 7.60. The van der Waals surface area contributed by atoms with Crippen LogP contribution in [0.5, 0.6) is 5.75 Å². The van der Waals surface area contributed by atoms with Crippen molar-refractivity contribution in [3.8, 4) is 5.75 Å². The summed E-state index contributed by atoms with van der Waals surface area (Å²) in [6.45, 7) is 5.81. The lowest BCUT2D eigenvalue weighted by Crippen LogP contribution is -2.42. The first-order valence-electron chi connectivity index (χ1n) is 9.59. The van der Waals surface area contributed by atoms with Crippen molar-refractivity contribution in [2.45, 2.75) is 32.9 Å². The molecule has 1 aliphatic rings. The van der Waals surface area contributed by atoms with Crippen molar-refractivity contribution in [1.82, 2.24) is 9.80 Å². The Morgan fingerprint density at radius 1 is 1.19 bits per heavy atom. The van der Waals surface area contributed by atoms with Crippen LogP contribution in [0.3, 0.4) is 0 Å². The van der Waals surface area contributed by atoms with Crippen LogP contribution in [0.1, 0.15) is 30.9 Å². The molecule has 0 saturated carbocycles. The molecule has 0 aliphatic carbocycles. The molecule has 0 radical (unpaired) electrons. The van der Waals surface area contributed by atoms with Crippen molar-refractivity contribution in [2.75, 3.05) is 19.6 Å². The standard InChI is InChI=1S/C22H27ClN2O2/c1-2-25(15-17-6-4-3-5-7-17)22(27)18-10-12-24(13-11-18)16-19-14-20(23)8-9-21(19)26/h3-9,14,18,26H,2,10-13,15-16H2,1H3. The van der Waals surface area contributed by atoms with Crippen molar-refractivity contribution < 1.29 is 9.90 Å². The molecule has 0 atom stereocenters. The number of hydrogen-bond acceptors (Lipinski definition) is 3. The van der Waals surface area contributed by atoms with E-state index < -0.39 is 0 Å². The number of hydrogen-bond donors (Lipinski definition) is 1. The number of nitrogens with zero attached hydrogens (tertiary/aromatic N) is 2. The fraction of sp³-hybridized carbons (Fsp3) is 0.409. The third-order valence-corrected chi connectivity index (χ3v) is 5.52. The van der Waals surface area contributed by atoms with Gasteiger partial charge in [0.25, 0.3) is 0 Å². The SMILES string of the molecule is CCN(Cc1ccccc1)C(=O)C1CCN(Cc2cc(Cl)ccc2O)CC1. The summed E-state index contributed by atoms with van der Waals surface area (Å²) in [5, 5.41) is 10.6. The molecule has 27 heavy (non-hydrogen) atoms. The van der Waals surface area contributed by atoms with Crippen LogP contribution in [0.25, 0.3) is 0 Å². The Bertz CT molecular complexity index is 758. The van der Waals surface area contributed by atoms with Gasteiger partial charge in [-0.05, 0) is 56.6 Å². The van der Waals surface area contributed by atoms with Crippen molar-refractivity contribution in [1.29, 1.82) is 0 Å². The molecule has 2 aromatic rings. The third kappa shape index (κ3) is 5.24. The lowest BCUT2D eigenvalue weighted by molar-refractivity contribution is -0.137. The van der Waals surface area contributed by atoms with Gasteiger partial charge in [-0.1, -0.05) is 41.9 Å². The number of rotatable bonds is 6. The molecule has 4 nitrogen and oxygen atoms in total. The molecule has 1 saturated heterocycles. The largest absolute Gasteiger partial charge is 0.508 e. The molecular weight excluding hydrogens is 360 g/mol. The molecule has 0 bridgehead atoms. The maximum atomic E-state index is 12.9. The van der Waals surface area contributed by atoms with E-state index in [4.69, 9.17) is 11.6 Å². The highest BCUT2D eigenvalue weighted by molar-refractivity contribution is 6.30. The van der Waals surface area contributed by atoms with Crippen LogP contribution in [0.4, 0.5) is 0 Å². The summed E-state index contributed by atoms with van der Waals surface area (Å²) >= 11 is 6.04. The Balaban J connectivity index is 1.54. The molecule has 1 aliphatic heterocycles. The Morgan fingerprint density at radius 2 is 1.89 bits per heavy atom. The van der Waals surface area contributed by atoms with E-state index >= 15 is 0 Å². The molecule has 3 rings (SSSR count). The van der Waals surface area contributed by atoms with Gasteiger partial charge in [0, 0.05) is 36.1 Å². The summed E-state index contributed by atoms with van der Waals surface area (Å²) in [7, 11) is 0. The quantitative estimate of drug-likeness (QED) is 0.804. The van der Waals surface area contributed by atoms with Gasteiger partial charge in [0.2, 0.25) is 5.91 Å². The lowest BCUT2D eigenvalue weighted by Gasteiger charge is -2.34. The predicted molar refractivity (Wildman–Crippen MR) is 109 cm³/mol. The Morgan fingerprint density at radius 3 is 2.56 bits per heavy atom. The van der Waals surface area contributed by atoms with Gasteiger partial charge in [0.15, 0.2) is 0 Å². The minimum Gasteiger partial charge on any atom is -0.508 e. The van der Waals surface area contributed by atoms with E-state index in [0.717, 1.165) is 38.0 Å². The van der Waals surface area contributed by atoms with Gasteiger partial charge in [0.1, 0.15) is 5.75 Å². The summed E-state index contributed by atoms with van der Waals surface area (Å²) in [5.41, 5.74) is 2.01. The van der Waals surface area contributed by atoms with Crippen molar-refractivity contribution in [3.63, 3.8) is 0 Å². The first kappa shape index (κ1) is 19.7. The number of phenolic OH excluding ortho intramolecular Hbond substituents is 1. The summed E-state index contributed by atoms with van der Waals surface area (Å²) in [6.07, 6.45) is 1.71. The fourth-order valence-electron chi connectivity index (χ4n) is 3.67. The highest BCUT2D eigenvalue weighted by atomic mass is 35.5. The molecule has 0 unspecified atom stereocenters. The minimum absolute atomic E-state index is 0.0814. The van der Waals surface area contributed by atoms with E-state index in [2.05, 4.69) is 17.0 Å². The van der Waals surface area contributed by atoms with Gasteiger partial charge in [0.05, 0.1) is 0 Å². The average molecular weight is 387 g/mol. The summed E-state index contributed by atoms with van der Waals surface area (Å²) in [6, 6.07) is 15.3. The zero-order chi connectivity index (χ0) is 19.2. The smallest absolute Gasteiger partial charge is 0.226 e. The summed E-state index contributed by atoms with van der Waals surface area (Å²) < 4.78 is 0. The Kier molecular flexibility index (Phi) is 6.75. The van der Waals surface area contributed by atoms with Gasteiger partial charge in [-0.25, -0.2) is 0 Å². The van der Waals surface area contributed by atoms with E-state index in [9.17, 15) is 9.90 Å². The average Bonchev–Trinajstić information content (AvgIpc) is 2.70. The number of carbonyl (C=O) groups is 1. The highest BCUT2D eigenvalue weighted by Crippen LogP contribution is 2.26. The molecule has 5 heteroatoms. The number of halogens is 1. The first-order valence-corrected chi connectivity index (χ1v) is 9.97. The number of likely N-dealkylation sites (tertiary alicyclic amines) is 1. The van der Waals surface area contributed by atoms with Crippen LogP contribution in [0, 0.1) is 5.92 Å². The van der Waals surface area contributed by atoms with Gasteiger partial charge in [-0.3, -0.25) is 9.69 Å². The maximum Gasteiger partial charge on any atom is 0.226 e. The summed E-state index contributed by atoms with van der Waals surface area (Å²) in [5.74, 6) is 0.613. The van der Waals surface area contributed by atoms with Crippen LogP contribution in [0.2, 0.25) is 5.02 Å². The second kappa shape index (κ2) is 9.25. The Labute approximate surface area is 166 Å². The molecule has 0 spiro atoms. The van der Waals surface area contributed by atoms with Gasteiger partial charge >= 0.3 is 0 Å². The van der Waals surface area contributed by atoms with E-state index in [1.165, 1.54) is 5.56 Å². The number of carbonyl (C=O) groups excluding carboxylic acids is 1. The first-order chi connectivity index (χ1) is 13.1. The molecule has 2 aromatic carbocycles. The molecule has 0 aromatic heterocycles. The van der Waals surface area contributed by atoms with E-state index in [-0.39, 0.29) is 17.6 Å². The zero-order valence-corrected chi connectivity index (χ0v) is 16.5. The Hall–Kier alpha value is -2.04. The fourth-order valence-corrected chi connectivity index (χ4v) is 3.86. The van der Waals surface area contributed by atoms with E-state index in [1.54, 1.807) is 12.1 Å². The van der Waals surface area contributed by atoms with Gasteiger partial charge < -0.3 is 10.0 Å². The van der Waals surface area contributed by atoms with Crippen LogP contribution in [0.15, 0.2) is 48.5 Å². The van der Waals surface area contributed by atoms with Gasteiger partial charge in [-0.15, -0.1) is 0 Å². The molecule has 1 amide bonds.